The number of rotatable bonds is 8. The quantitative estimate of drug-likeness (QED) is 0.295. The summed E-state index contributed by atoms with van der Waals surface area (Å²) in [6.07, 6.45) is -2.10. The summed E-state index contributed by atoms with van der Waals surface area (Å²) in [7, 11) is -4.10. The number of pyridine rings is 1. The van der Waals surface area contributed by atoms with Gasteiger partial charge in [0.2, 0.25) is 21.6 Å². The van der Waals surface area contributed by atoms with E-state index in [0.717, 1.165) is 17.8 Å². The van der Waals surface area contributed by atoms with Crippen LogP contribution in [0.15, 0.2) is 89.0 Å². The van der Waals surface area contributed by atoms with Crippen LogP contribution in [0, 0.1) is 11.3 Å². The van der Waals surface area contributed by atoms with Gasteiger partial charge in [-0.25, -0.2) is 8.42 Å². The number of H-pyrrole nitrogens is 1. The summed E-state index contributed by atoms with van der Waals surface area (Å²) in [5.41, 5.74) is -0.893. The summed E-state index contributed by atoms with van der Waals surface area (Å²) in [6.45, 7) is 0. The summed E-state index contributed by atoms with van der Waals surface area (Å²) < 4.78 is 69.6. The number of carbonyl (C=O) groups is 1. The molecular formula is C25H17F3N6O3S2. The highest BCUT2D eigenvalue weighted by atomic mass is 32.2. The number of hydrogen-bond acceptors (Lipinski definition) is 7. The van der Waals surface area contributed by atoms with Gasteiger partial charge < -0.3 is 15.3 Å². The Hall–Kier alpha value is -4.48. The van der Waals surface area contributed by atoms with Crippen molar-refractivity contribution in [1.29, 1.82) is 5.26 Å². The average Bonchev–Trinajstić information content (AvgIpc) is 2.92. The summed E-state index contributed by atoms with van der Waals surface area (Å²) in [6, 6.07) is 17.3. The van der Waals surface area contributed by atoms with E-state index in [1.54, 1.807) is 36.4 Å². The fraction of sp³-hybridized carbons (Fsp3) is 0.0800. The Morgan fingerprint density at radius 3 is 2.33 bits per heavy atom. The third kappa shape index (κ3) is 6.89. The number of benzene rings is 2. The molecule has 0 fully saturated rings. The van der Waals surface area contributed by atoms with Crippen LogP contribution in [0.3, 0.4) is 0 Å². The van der Waals surface area contributed by atoms with Gasteiger partial charge in [0.1, 0.15) is 11.6 Å². The van der Waals surface area contributed by atoms with Gasteiger partial charge in [0, 0.05) is 23.3 Å². The maximum absolute atomic E-state index is 13.7. The number of sulfonamides is 1. The molecule has 0 radical (unpaired) electrons. The fourth-order valence-electron chi connectivity index (χ4n) is 3.32. The molecule has 2 aromatic heterocycles. The fourth-order valence-corrected chi connectivity index (χ4v) is 5.04. The minimum atomic E-state index is -4.79. The molecule has 4 aromatic rings. The van der Waals surface area contributed by atoms with Crippen LogP contribution in [0.4, 0.5) is 24.8 Å². The Labute approximate surface area is 225 Å². The number of nitriles is 1. The molecule has 14 heteroatoms. The first-order chi connectivity index (χ1) is 18.6. The van der Waals surface area contributed by atoms with Gasteiger partial charge >= 0.3 is 6.18 Å². The second-order valence-corrected chi connectivity index (χ2v) is 10.3. The van der Waals surface area contributed by atoms with Crippen LogP contribution in [-0.4, -0.2) is 30.0 Å². The van der Waals surface area contributed by atoms with Crippen molar-refractivity contribution in [3.05, 3.63) is 95.0 Å². The van der Waals surface area contributed by atoms with Crippen LogP contribution in [0.1, 0.15) is 11.1 Å². The third-order valence-electron chi connectivity index (χ3n) is 5.07. The Morgan fingerprint density at radius 1 is 1.05 bits per heavy atom. The molecule has 0 saturated carbocycles. The van der Waals surface area contributed by atoms with E-state index in [1.807, 2.05) is 0 Å². The number of nitrogens with zero attached hydrogens (tertiary/aromatic N) is 4. The highest BCUT2D eigenvalue weighted by Crippen LogP contribution is 2.36. The number of thioether (sulfide) groups is 1. The first-order valence-electron chi connectivity index (χ1n) is 11.0. The zero-order chi connectivity index (χ0) is 28.0. The van der Waals surface area contributed by atoms with Crippen molar-refractivity contribution in [3.63, 3.8) is 0 Å². The number of halogens is 3. The zero-order valence-electron chi connectivity index (χ0n) is 19.7. The van der Waals surface area contributed by atoms with E-state index in [2.05, 4.69) is 25.0 Å². The Balaban J connectivity index is 1.48. The first-order valence-corrected chi connectivity index (χ1v) is 13.4. The lowest BCUT2D eigenvalue weighted by Crippen LogP contribution is -2.21. The maximum atomic E-state index is 13.7. The minimum absolute atomic E-state index is 0.118. The van der Waals surface area contributed by atoms with Gasteiger partial charge in [-0.15, -0.1) is 0 Å². The largest absolute Gasteiger partial charge is 0.418 e. The minimum Gasteiger partial charge on any atom is -0.366 e. The lowest BCUT2D eigenvalue weighted by atomic mass is 10.1. The maximum Gasteiger partial charge on any atom is 0.418 e. The number of carbonyl (C=O) groups excluding carboxylic acids is 1. The standard InChI is InChI=1S/C25H17F3N6O3S2/c26-25(27,28)20-13-21(16-5-2-1-3-6-16)33-23(19(20)14-29)38-15-22(35)32-17-7-9-18(10-8-17)39(36,37)34-24-30-11-4-12-31-24/h1-13H,15H2,(H2,30,31,32,34,35). The van der Waals surface area contributed by atoms with E-state index in [4.69, 9.17) is 0 Å². The first kappa shape index (κ1) is 27.6. The molecule has 39 heavy (non-hydrogen) atoms. The molecule has 2 aromatic carbocycles. The van der Waals surface area contributed by atoms with Crippen molar-refractivity contribution in [3.8, 4) is 17.3 Å². The average molecular weight is 571 g/mol. The third-order valence-corrected chi connectivity index (χ3v) is 7.35. The van der Waals surface area contributed by atoms with Crippen molar-refractivity contribution in [2.45, 2.75) is 16.1 Å². The normalized spacial score (nSPS) is 11.4. The Morgan fingerprint density at radius 2 is 1.72 bits per heavy atom. The molecule has 0 saturated heterocycles. The van der Waals surface area contributed by atoms with Crippen LogP contribution < -0.4 is 10.3 Å². The van der Waals surface area contributed by atoms with E-state index in [9.17, 15) is 31.6 Å². The number of hydrogen-bond donors (Lipinski definition) is 1. The van der Waals surface area contributed by atoms with Gasteiger partial charge in [0.05, 0.1) is 16.2 Å². The monoisotopic (exact) mass is 570 g/mol. The van der Waals surface area contributed by atoms with E-state index in [-0.39, 0.29) is 33.0 Å². The molecule has 4 rings (SSSR count). The van der Waals surface area contributed by atoms with E-state index in [1.165, 1.54) is 42.7 Å². The molecule has 0 aliphatic heterocycles. The summed E-state index contributed by atoms with van der Waals surface area (Å²) in [4.78, 5) is 22.7. The highest BCUT2D eigenvalue weighted by Gasteiger charge is 2.38. The summed E-state index contributed by atoms with van der Waals surface area (Å²) in [5.74, 6) is -1.15. The molecule has 2 heterocycles. The molecule has 0 atom stereocenters. The van der Waals surface area contributed by atoms with Gasteiger partial charge in [0.15, 0.2) is 0 Å². The number of alkyl halides is 3. The van der Waals surface area contributed by atoms with Crippen LogP contribution in [-0.2, 0) is 21.0 Å². The van der Waals surface area contributed by atoms with Crippen LogP contribution in [0.5, 0.6) is 0 Å². The van der Waals surface area contributed by atoms with Gasteiger partial charge in [0.25, 0.3) is 5.03 Å². The Bertz CT molecular complexity index is 1630. The molecule has 0 unspecified atom stereocenters. The Kier molecular flexibility index (Phi) is 8.12. The summed E-state index contributed by atoms with van der Waals surface area (Å²) >= 11 is 0.732. The molecule has 9 nitrogen and oxygen atoms in total. The molecule has 198 valence electrons. The van der Waals surface area contributed by atoms with Crippen molar-refractivity contribution in [2.75, 3.05) is 11.1 Å². The molecule has 0 bridgehead atoms. The van der Waals surface area contributed by atoms with Crippen molar-refractivity contribution in [2.24, 2.45) is 0 Å². The van der Waals surface area contributed by atoms with E-state index < -0.39 is 33.2 Å². The molecule has 0 aliphatic carbocycles. The number of anilines is 1. The number of aromatic amines is 1. The van der Waals surface area contributed by atoms with E-state index in [0.29, 0.717) is 5.56 Å². The molecule has 0 spiro atoms. The van der Waals surface area contributed by atoms with Gasteiger partial charge in [-0.05, 0) is 60.6 Å². The lowest BCUT2D eigenvalue weighted by Gasteiger charge is -2.12. The number of aromatic nitrogens is 3. The molecule has 0 aliphatic rings. The predicted octanol–water partition coefficient (Wildman–Crippen LogP) is 4.97. The van der Waals surface area contributed by atoms with Gasteiger partial charge in [-0.3, -0.25) is 9.52 Å². The smallest absolute Gasteiger partial charge is 0.366 e. The van der Waals surface area contributed by atoms with Crippen LogP contribution in [0.2, 0.25) is 0 Å². The number of nitrogens with one attached hydrogen (secondary N) is 2. The molecular weight excluding hydrogens is 553 g/mol. The van der Waals surface area contributed by atoms with Crippen LogP contribution >= 0.6 is 11.8 Å². The van der Waals surface area contributed by atoms with Gasteiger partial charge in [-0.2, -0.15) is 23.4 Å². The van der Waals surface area contributed by atoms with Crippen molar-refractivity contribution in [1.82, 2.24) is 9.97 Å². The van der Waals surface area contributed by atoms with Crippen molar-refractivity contribution < 1.29 is 31.4 Å². The van der Waals surface area contributed by atoms with Crippen molar-refractivity contribution >= 4 is 39.3 Å². The second kappa shape index (κ2) is 11.5. The molecule has 2 N–H and O–H groups in total. The summed E-state index contributed by atoms with van der Waals surface area (Å²) in [5, 5.41) is 11.9. The molecule has 1 amide bonds. The number of amides is 1. The lowest BCUT2D eigenvalue weighted by molar-refractivity contribution is -0.414. The predicted molar refractivity (Wildman–Crippen MR) is 136 cm³/mol. The zero-order valence-corrected chi connectivity index (χ0v) is 21.3. The second-order valence-electron chi connectivity index (χ2n) is 7.75. The van der Waals surface area contributed by atoms with Gasteiger partial charge in [-0.1, -0.05) is 24.3 Å². The SMILES string of the molecule is N#Cc1c(C(F)(F)F)cc(-c2ccccc2)[nH+]c1SCC(=O)Nc1ccc(S(=O)(=O)[N-]c2ncccn2)cc1. The topological polar surface area (TPSA) is 141 Å². The highest BCUT2D eigenvalue weighted by molar-refractivity contribution is 7.99. The van der Waals surface area contributed by atoms with Crippen LogP contribution in [0.25, 0.3) is 16.0 Å². The van der Waals surface area contributed by atoms with E-state index >= 15 is 0 Å².